The van der Waals surface area contributed by atoms with Crippen LogP contribution in [-0.4, -0.2) is 40.1 Å². The molecule has 1 aromatic rings. The molecule has 144 valence electrons. The molecule has 0 radical (unpaired) electrons. The van der Waals surface area contributed by atoms with Crippen LogP contribution < -0.4 is 5.73 Å². The average molecular weight is 385 g/mol. The Labute approximate surface area is 158 Å². The second-order valence-corrected chi connectivity index (χ2v) is 7.01. The third-order valence-corrected chi connectivity index (χ3v) is 3.96. The van der Waals surface area contributed by atoms with Crippen LogP contribution in [0.2, 0.25) is 5.02 Å². The number of ether oxygens (including phenoxy) is 1. The predicted octanol–water partition coefficient (Wildman–Crippen LogP) is 3.21. The van der Waals surface area contributed by atoms with E-state index in [0.29, 0.717) is 10.6 Å². The number of nitrogens with two attached hydrogens (primary N) is 1. The van der Waals surface area contributed by atoms with Crippen molar-refractivity contribution in [1.82, 2.24) is 4.90 Å². The number of carbonyl (C=O) groups is 3. The summed E-state index contributed by atoms with van der Waals surface area (Å²) in [5, 5.41) is 9.74. The lowest BCUT2D eigenvalue weighted by molar-refractivity contribution is -0.140. The summed E-state index contributed by atoms with van der Waals surface area (Å²) in [4.78, 5) is 37.6. The number of aliphatic carboxylic acids is 1. The molecule has 0 spiro atoms. The molecule has 1 aromatic carbocycles. The van der Waals surface area contributed by atoms with Crippen LogP contribution in [-0.2, 0) is 14.3 Å². The molecule has 8 heteroatoms. The molecular formula is C18H25ClN2O5. The molecular weight excluding hydrogens is 360 g/mol. The van der Waals surface area contributed by atoms with E-state index in [-0.39, 0.29) is 5.92 Å². The zero-order chi connectivity index (χ0) is 20.0. The standard InChI is InChI=1S/C18H25ClN2O5/c1-10(2)16(20)17(24)21(18(25)26-11(3)4)14(9-15(22)23)12-5-7-13(19)8-6-12/h5-8,10-11,14,16H,9,20H2,1-4H3,(H,22,23)/t14-,16+/m1/s1. The molecule has 0 bridgehead atoms. The molecule has 26 heavy (non-hydrogen) atoms. The third kappa shape index (κ3) is 6.00. The number of imide groups is 1. The van der Waals surface area contributed by atoms with Crippen molar-refractivity contribution >= 4 is 29.6 Å². The number of carbonyl (C=O) groups excluding carboxylic acids is 2. The molecule has 0 unspecified atom stereocenters. The van der Waals surface area contributed by atoms with E-state index in [4.69, 9.17) is 22.1 Å². The van der Waals surface area contributed by atoms with Crippen LogP contribution >= 0.6 is 11.6 Å². The number of halogens is 1. The van der Waals surface area contributed by atoms with E-state index in [1.165, 1.54) is 0 Å². The molecule has 0 aromatic heterocycles. The largest absolute Gasteiger partial charge is 0.481 e. The number of nitrogens with zero attached hydrogens (tertiary/aromatic N) is 1. The van der Waals surface area contributed by atoms with E-state index in [9.17, 15) is 19.5 Å². The summed E-state index contributed by atoms with van der Waals surface area (Å²) in [5.74, 6) is -2.10. The minimum atomic E-state index is -1.17. The van der Waals surface area contributed by atoms with Crippen molar-refractivity contribution in [2.75, 3.05) is 0 Å². The molecule has 0 saturated carbocycles. The molecule has 0 saturated heterocycles. The van der Waals surface area contributed by atoms with E-state index in [2.05, 4.69) is 0 Å². The molecule has 3 N–H and O–H groups in total. The van der Waals surface area contributed by atoms with Gasteiger partial charge in [0.05, 0.1) is 24.6 Å². The van der Waals surface area contributed by atoms with Crippen LogP contribution in [0, 0.1) is 5.92 Å². The SMILES string of the molecule is CC(C)OC(=O)N(C(=O)[C@@H](N)C(C)C)[C@H](CC(=O)O)c1ccc(Cl)cc1. The molecule has 2 amide bonds. The summed E-state index contributed by atoms with van der Waals surface area (Å²) in [6.07, 6.45) is -1.89. The molecule has 0 aliphatic carbocycles. The number of rotatable bonds is 7. The van der Waals surface area contributed by atoms with Gasteiger partial charge in [0.2, 0.25) is 5.91 Å². The van der Waals surface area contributed by atoms with Crippen molar-refractivity contribution in [2.24, 2.45) is 11.7 Å². The number of carboxylic acids is 1. The maximum absolute atomic E-state index is 12.9. The summed E-state index contributed by atoms with van der Waals surface area (Å²) in [6.45, 7) is 6.75. The van der Waals surface area contributed by atoms with Gasteiger partial charge in [-0.3, -0.25) is 9.59 Å². The quantitative estimate of drug-likeness (QED) is 0.746. The summed E-state index contributed by atoms with van der Waals surface area (Å²) in [5.41, 5.74) is 6.38. The fourth-order valence-corrected chi connectivity index (χ4v) is 2.41. The summed E-state index contributed by atoms with van der Waals surface area (Å²) < 4.78 is 5.16. The fourth-order valence-electron chi connectivity index (χ4n) is 2.28. The Bertz CT molecular complexity index is 645. The maximum Gasteiger partial charge on any atom is 0.417 e. The summed E-state index contributed by atoms with van der Waals surface area (Å²) >= 11 is 5.88. The first-order chi connectivity index (χ1) is 12.0. The fraction of sp³-hybridized carbons (Fsp3) is 0.500. The van der Waals surface area contributed by atoms with Gasteiger partial charge in [-0.1, -0.05) is 37.6 Å². The zero-order valence-corrected chi connectivity index (χ0v) is 16.1. The number of carboxylic acid groups (broad SMARTS) is 1. The molecule has 7 nitrogen and oxygen atoms in total. The smallest absolute Gasteiger partial charge is 0.417 e. The molecule has 0 heterocycles. The molecule has 0 aliphatic heterocycles. The number of hydrogen-bond donors (Lipinski definition) is 2. The normalized spacial score (nSPS) is 13.4. The van der Waals surface area contributed by atoms with Gasteiger partial charge in [0.1, 0.15) is 0 Å². The van der Waals surface area contributed by atoms with Crippen LogP contribution in [0.4, 0.5) is 4.79 Å². The third-order valence-electron chi connectivity index (χ3n) is 3.71. The van der Waals surface area contributed by atoms with E-state index in [0.717, 1.165) is 4.90 Å². The van der Waals surface area contributed by atoms with Gasteiger partial charge in [-0.05, 0) is 37.5 Å². The lowest BCUT2D eigenvalue weighted by atomic mass is 9.98. The van der Waals surface area contributed by atoms with Crippen molar-refractivity contribution in [2.45, 2.75) is 52.3 Å². The van der Waals surface area contributed by atoms with E-state index in [1.54, 1.807) is 52.0 Å². The Balaban J connectivity index is 3.39. The Kier molecular flexibility index (Phi) is 8.05. The summed E-state index contributed by atoms with van der Waals surface area (Å²) in [6, 6.07) is 4.22. The van der Waals surface area contributed by atoms with Gasteiger partial charge < -0.3 is 15.6 Å². The maximum atomic E-state index is 12.9. The van der Waals surface area contributed by atoms with Gasteiger partial charge in [-0.2, -0.15) is 0 Å². The highest BCUT2D eigenvalue weighted by Gasteiger charge is 2.37. The zero-order valence-electron chi connectivity index (χ0n) is 15.3. The predicted molar refractivity (Wildman–Crippen MR) is 97.7 cm³/mol. The second-order valence-electron chi connectivity index (χ2n) is 6.58. The van der Waals surface area contributed by atoms with Gasteiger partial charge >= 0.3 is 12.1 Å². The van der Waals surface area contributed by atoms with Crippen molar-refractivity contribution in [3.8, 4) is 0 Å². The van der Waals surface area contributed by atoms with Crippen molar-refractivity contribution < 1.29 is 24.2 Å². The van der Waals surface area contributed by atoms with Crippen LogP contribution in [0.5, 0.6) is 0 Å². The molecule has 0 fully saturated rings. The van der Waals surface area contributed by atoms with Crippen molar-refractivity contribution in [3.63, 3.8) is 0 Å². The van der Waals surface area contributed by atoms with Crippen LogP contribution in [0.15, 0.2) is 24.3 Å². The van der Waals surface area contributed by atoms with Crippen molar-refractivity contribution in [1.29, 1.82) is 0 Å². The average Bonchev–Trinajstić information content (AvgIpc) is 2.52. The Morgan fingerprint density at radius 1 is 1.15 bits per heavy atom. The van der Waals surface area contributed by atoms with Crippen LogP contribution in [0.25, 0.3) is 0 Å². The van der Waals surface area contributed by atoms with Crippen LogP contribution in [0.3, 0.4) is 0 Å². The first-order valence-electron chi connectivity index (χ1n) is 8.31. The highest BCUT2D eigenvalue weighted by atomic mass is 35.5. The summed E-state index contributed by atoms with van der Waals surface area (Å²) in [7, 11) is 0. The topological polar surface area (TPSA) is 110 Å². The number of amides is 2. The van der Waals surface area contributed by atoms with Crippen LogP contribution in [0.1, 0.15) is 45.7 Å². The lowest BCUT2D eigenvalue weighted by Gasteiger charge is -2.32. The van der Waals surface area contributed by atoms with E-state index in [1.807, 2.05) is 0 Å². The Morgan fingerprint density at radius 3 is 2.12 bits per heavy atom. The number of hydrogen-bond acceptors (Lipinski definition) is 5. The minimum Gasteiger partial charge on any atom is -0.481 e. The molecule has 2 atom stereocenters. The van der Waals surface area contributed by atoms with Gasteiger partial charge in [-0.25, -0.2) is 9.69 Å². The first kappa shape index (κ1) is 21.9. The van der Waals surface area contributed by atoms with E-state index < -0.39 is 42.6 Å². The van der Waals surface area contributed by atoms with Crippen molar-refractivity contribution in [3.05, 3.63) is 34.9 Å². The first-order valence-corrected chi connectivity index (χ1v) is 8.68. The van der Waals surface area contributed by atoms with Gasteiger partial charge in [0.25, 0.3) is 0 Å². The van der Waals surface area contributed by atoms with Gasteiger partial charge in [0.15, 0.2) is 0 Å². The Hall–Kier alpha value is -2.12. The highest BCUT2D eigenvalue weighted by molar-refractivity contribution is 6.30. The molecule has 0 aliphatic rings. The Morgan fingerprint density at radius 2 is 1.69 bits per heavy atom. The van der Waals surface area contributed by atoms with Gasteiger partial charge in [-0.15, -0.1) is 0 Å². The van der Waals surface area contributed by atoms with Gasteiger partial charge in [0, 0.05) is 5.02 Å². The second kappa shape index (κ2) is 9.54. The van der Waals surface area contributed by atoms with E-state index >= 15 is 0 Å². The highest BCUT2D eigenvalue weighted by Crippen LogP contribution is 2.28. The minimum absolute atomic E-state index is 0.243. The molecule has 1 rings (SSSR count). The monoisotopic (exact) mass is 384 g/mol. The lowest BCUT2D eigenvalue weighted by Crippen LogP contribution is -2.51. The number of benzene rings is 1.